The number of carbonyl (C=O) groups excluding carboxylic acids is 1. The number of nitrogens with zero attached hydrogens (tertiary/aromatic N) is 4. The van der Waals surface area contributed by atoms with Gasteiger partial charge in [0.2, 0.25) is 0 Å². The summed E-state index contributed by atoms with van der Waals surface area (Å²) in [4.78, 5) is 35.1. The van der Waals surface area contributed by atoms with E-state index in [2.05, 4.69) is 10.3 Å². The number of hydrogen-bond donors (Lipinski definition) is 2. The van der Waals surface area contributed by atoms with Crippen LogP contribution in [0.25, 0.3) is 16.7 Å². The summed E-state index contributed by atoms with van der Waals surface area (Å²) in [6.45, 7) is 2.30. The highest BCUT2D eigenvalue weighted by atomic mass is 16.3. The van der Waals surface area contributed by atoms with Crippen molar-refractivity contribution in [2.24, 2.45) is 0 Å². The largest absolute Gasteiger partial charge is 0.467 e. The van der Waals surface area contributed by atoms with Crippen molar-refractivity contribution in [1.29, 1.82) is 5.41 Å². The molecule has 0 spiro atoms. The van der Waals surface area contributed by atoms with Crippen molar-refractivity contribution in [3.8, 4) is 0 Å². The third kappa shape index (κ3) is 3.69. The highest BCUT2D eigenvalue weighted by Crippen LogP contribution is 2.14. The van der Waals surface area contributed by atoms with Crippen LogP contribution in [-0.2, 0) is 13.1 Å². The number of aryl methyl sites for hydroxylation is 1. The Morgan fingerprint density at radius 1 is 1.15 bits per heavy atom. The van der Waals surface area contributed by atoms with Gasteiger partial charge in [0.1, 0.15) is 22.5 Å². The molecule has 0 saturated heterocycles. The molecular formula is C24H20N6O3. The first-order valence-electron chi connectivity index (χ1n) is 10.3. The van der Waals surface area contributed by atoms with Crippen LogP contribution in [-0.4, -0.2) is 24.8 Å². The van der Waals surface area contributed by atoms with Crippen LogP contribution in [0.15, 0.2) is 76.5 Å². The molecule has 5 heterocycles. The predicted octanol–water partition coefficient (Wildman–Crippen LogP) is 2.40. The van der Waals surface area contributed by atoms with Crippen molar-refractivity contribution in [2.45, 2.75) is 20.0 Å². The Labute approximate surface area is 187 Å². The molecule has 0 aromatic carbocycles. The number of hydrogen-bond acceptors (Lipinski definition) is 6. The van der Waals surface area contributed by atoms with Crippen molar-refractivity contribution in [2.75, 3.05) is 0 Å². The second-order valence-electron chi connectivity index (χ2n) is 7.65. The Kier molecular flexibility index (Phi) is 5.06. The van der Waals surface area contributed by atoms with Gasteiger partial charge in [-0.2, -0.15) is 0 Å². The molecule has 5 rings (SSSR count). The standard InChI is InChI=1S/C24H20N6O3/c1-15-4-2-10-29-21(15)28-22-19(24(29)32)12-18(23(31)27-13-17-5-3-11-33-17)20(25)30(22)14-16-6-8-26-9-7-16/h2-12,25H,13-14H2,1H3,(H,27,31). The Morgan fingerprint density at radius 2 is 1.97 bits per heavy atom. The van der Waals surface area contributed by atoms with Gasteiger partial charge in [0.25, 0.3) is 11.5 Å². The summed E-state index contributed by atoms with van der Waals surface area (Å²) in [5.74, 6) is 0.110. The third-order valence-electron chi connectivity index (χ3n) is 5.47. The van der Waals surface area contributed by atoms with Gasteiger partial charge in [-0.3, -0.25) is 24.4 Å². The van der Waals surface area contributed by atoms with Gasteiger partial charge >= 0.3 is 0 Å². The Morgan fingerprint density at radius 3 is 2.73 bits per heavy atom. The van der Waals surface area contributed by atoms with Crippen LogP contribution in [0, 0.1) is 12.3 Å². The summed E-state index contributed by atoms with van der Waals surface area (Å²) in [6, 6.07) is 12.2. The zero-order valence-corrected chi connectivity index (χ0v) is 17.8. The monoisotopic (exact) mass is 440 g/mol. The molecule has 9 heteroatoms. The van der Waals surface area contributed by atoms with E-state index in [4.69, 9.17) is 14.8 Å². The molecular weight excluding hydrogens is 420 g/mol. The molecule has 0 atom stereocenters. The zero-order chi connectivity index (χ0) is 22.9. The van der Waals surface area contributed by atoms with Crippen LogP contribution < -0.4 is 16.4 Å². The quantitative estimate of drug-likeness (QED) is 0.407. The Balaban J connectivity index is 1.72. The number of carbonyl (C=O) groups is 1. The number of pyridine rings is 3. The second-order valence-corrected chi connectivity index (χ2v) is 7.65. The number of amides is 1. The van der Waals surface area contributed by atoms with Gasteiger partial charge in [-0.1, -0.05) is 6.07 Å². The zero-order valence-electron chi connectivity index (χ0n) is 17.8. The minimum absolute atomic E-state index is 0.0407. The third-order valence-corrected chi connectivity index (χ3v) is 5.47. The molecule has 0 aliphatic carbocycles. The molecule has 164 valence electrons. The lowest BCUT2D eigenvalue weighted by molar-refractivity contribution is 0.0945. The van der Waals surface area contributed by atoms with Crippen LogP contribution in [0.3, 0.4) is 0 Å². The van der Waals surface area contributed by atoms with Crippen molar-refractivity contribution < 1.29 is 9.21 Å². The summed E-state index contributed by atoms with van der Waals surface area (Å²) in [5, 5.41) is 11.8. The molecule has 0 radical (unpaired) electrons. The number of fused-ring (bicyclic) bond motifs is 2. The molecule has 0 aliphatic heterocycles. The van der Waals surface area contributed by atoms with Crippen LogP contribution in [0.1, 0.15) is 27.2 Å². The fraction of sp³-hybridized carbons (Fsp3) is 0.125. The van der Waals surface area contributed by atoms with Gasteiger partial charge in [-0.15, -0.1) is 0 Å². The minimum Gasteiger partial charge on any atom is -0.467 e. The van der Waals surface area contributed by atoms with Gasteiger partial charge in [0.15, 0.2) is 0 Å². The van der Waals surface area contributed by atoms with Crippen LogP contribution in [0.2, 0.25) is 0 Å². The van der Waals surface area contributed by atoms with Gasteiger partial charge in [0.05, 0.1) is 30.3 Å². The molecule has 9 nitrogen and oxygen atoms in total. The molecule has 5 aromatic heterocycles. The summed E-state index contributed by atoms with van der Waals surface area (Å²) in [7, 11) is 0. The molecule has 2 N–H and O–H groups in total. The van der Waals surface area contributed by atoms with E-state index in [-0.39, 0.29) is 35.1 Å². The van der Waals surface area contributed by atoms with Crippen LogP contribution >= 0.6 is 0 Å². The van der Waals surface area contributed by atoms with E-state index in [9.17, 15) is 9.59 Å². The average molecular weight is 440 g/mol. The van der Waals surface area contributed by atoms with Crippen LogP contribution in [0.5, 0.6) is 0 Å². The van der Waals surface area contributed by atoms with Gasteiger partial charge < -0.3 is 14.3 Å². The summed E-state index contributed by atoms with van der Waals surface area (Å²) >= 11 is 0. The van der Waals surface area contributed by atoms with Gasteiger partial charge in [-0.25, -0.2) is 4.98 Å². The fourth-order valence-electron chi connectivity index (χ4n) is 3.77. The van der Waals surface area contributed by atoms with Crippen molar-refractivity contribution in [3.05, 3.63) is 106 Å². The SMILES string of the molecule is Cc1cccn2c(=O)c3cc(C(=O)NCc4ccco4)c(=N)n(Cc4ccncc4)c3nc12. The van der Waals surface area contributed by atoms with Gasteiger partial charge in [0, 0.05) is 18.6 Å². The lowest BCUT2D eigenvalue weighted by Crippen LogP contribution is -2.35. The molecule has 0 saturated carbocycles. The maximum atomic E-state index is 13.4. The number of aromatic nitrogens is 4. The van der Waals surface area contributed by atoms with E-state index in [1.165, 1.54) is 16.7 Å². The van der Waals surface area contributed by atoms with E-state index in [1.807, 2.05) is 25.1 Å². The summed E-state index contributed by atoms with van der Waals surface area (Å²) in [5.41, 5.74) is 2.29. The number of furan rings is 1. The Bertz CT molecular complexity index is 1600. The number of nitrogens with one attached hydrogen (secondary N) is 2. The first kappa shape index (κ1) is 20.4. The molecule has 1 amide bonds. The first-order valence-corrected chi connectivity index (χ1v) is 10.3. The summed E-state index contributed by atoms with van der Waals surface area (Å²) < 4.78 is 8.31. The average Bonchev–Trinajstić information content (AvgIpc) is 3.35. The smallest absolute Gasteiger partial charge is 0.267 e. The lowest BCUT2D eigenvalue weighted by Gasteiger charge is -2.15. The van der Waals surface area contributed by atoms with Crippen LogP contribution in [0.4, 0.5) is 0 Å². The van der Waals surface area contributed by atoms with E-state index in [1.54, 1.807) is 41.4 Å². The minimum atomic E-state index is -0.476. The molecule has 0 bridgehead atoms. The lowest BCUT2D eigenvalue weighted by atomic mass is 10.1. The first-order chi connectivity index (χ1) is 16.0. The van der Waals surface area contributed by atoms with E-state index >= 15 is 0 Å². The normalized spacial score (nSPS) is 11.2. The molecule has 0 unspecified atom stereocenters. The molecule has 33 heavy (non-hydrogen) atoms. The van der Waals surface area contributed by atoms with E-state index in [0.29, 0.717) is 17.1 Å². The predicted molar refractivity (Wildman–Crippen MR) is 121 cm³/mol. The summed E-state index contributed by atoms with van der Waals surface area (Å²) in [6.07, 6.45) is 6.48. The van der Waals surface area contributed by atoms with Gasteiger partial charge in [-0.05, 0) is 54.4 Å². The van der Waals surface area contributed by atoms with E-state index < -0.39 is 5.91 Å². The number of rotatable bonds is 5. The maximum absolute atomic E-state index is 13.4. The van der Waals surface area contributed by atoms with E-state index in [0.717, 1.165) is 11.1 Å². The molecule has 0 fully saturated rings. The van der Waals surface area contributed by atoms with Crippen molar-refractivity contribution in [3.63, 3.8) is 0 Å². The topological polar surface area (TPSA) is 118 Å². The maximum Gasteiger partial charge on any atom is 0.267 e. The van der Waals surface area contributed by atoms with Crippen molar-refractivity contribution >= 4 is 22.6 Å². The highest BCUT2D eigenvalue weighted by Gasteiger charge is 2.18. The molecule has 0 aliphatic rings. The van der Waals surface area contributed by atoms with Crippen molar-refractivity contribution in [1.82, 2.24) is 24.3 Å². The highest BCUT2D eigenvalue weighted by molar-refractivity contribution is 5.96. The fourth-order valence-corrected chi connectivity index (χ4v) is 3.77. The second kappa shape index (κ2) is 8.19. The molecule has 5 aromatic rings. The Hall–Kier alpha value is -4.53.